The third-order valence-electron chi connectivity index (χ3n) is 5.27. The van der Waals surface area contributed by atoms with Crippen molar-refractivity contribution in [1.29, 1.82) is 0 Å². The lowest BCUT2D eigenvalue weighted by Crippen LogP contribution is -2.52. The molecule has 3 rings (SSSR count). The van der Waals surface area contributed by atoms with E-state index in [1.165, 1.54) is 12.7 Å². The summed E-state index contributed by atoms with van der Waals surface area (Å²) in [5, 5.41) is 14.6. The van der Waals surface area contributed by atoms with Crippen LogP contribution in [0.4, 0.5) is 5.69 Å². The minimum atomic E-state index is -1.55. The van der Waals surface area contributed by atoms with Crippen LogP contribution in [-0.2, 0) is 15.1 Å². The lowest BCUT2D eigenvalue weighted by Gasteiger charge is -2.40. The Labute approximate surface area is 167 Å². The van der Waals surface area contributed by atoms with Crippen LogP contribution < -0.4 is 5.32 Å². The summed E-state index contributed by atoms with van der Waals surface area (Å²) >= 11 is 0. The number of fused-ring (bicyclic) bond motifs is 1. The van der Waals surface area contributed by atoms with E-state index in [0.29, 0.717) is 22.7 Å². The molecule has 1 heterocycles. The zero-order chi connectivity index (χ0) is 20.3. The van der Waals surface area contributed by atoms with Crippen molar-refractivity contribution in [2.45, 2.75) is 45.3 Å². The highest BCUT2D eigenvalue weighted by molar-refractivity contribution is 5.99. The normalized spacial score (nSPS) is 22.1. The molecule has 0 bridgehead atoms. The van der Waals surface area contributed by atoms with Gasteiger partial charge in [0.15, 0.2) is 11.7 Å². The second kappa shape index (κ2) is 8.29. The second-order valence-corrected chi connectivity index (χ2v) is 7.80. The molecule has 1 aliphatic heterocycles. The molecule has 2 unspecified atom stereocenters. The third-order valence-corrected chi connectivity index (χ3v) is 5.27. The summed E-state index contributed by atoms with van der Waals surface area (Å²) < 4.78 is 5.45. The minimum absolute atomic E-state index is 0.348. The molecule has 2 N–H and O–H groups in total. The highest BCUT2D eigenvalue weighted by Gasteiger charge is 2.49. The number of allylic oxidation sites excluding steroid dienone is 1. The van der Waals surface area contributed by atoms with Crippen molar-refractivity contribution in [3.63, 3.8) is 0 Å². The number of hydrogen-bond donors (Lipinski definition) is 2. The number of carbonyl (C=O) groups excluding carboxylic acids is 1. The average Bonchev–Trinajstić information content (AvgIpc) is 2.68. The molecule has 1 aliphatic rings. The molecule has 0 saturated heterocycles. The number of ether oxygens (including phenoxy) is 1. The van der Waals surface area contributed by atoms with E-state index in [9.17, 15) is 9.90 Å². The van der Waals surface area contributed by atoms with Crippen LogP contribution in [0.1, 0.15) is 50.3 Å². The van der Waals surface area contributed by atoms with Gasteiger partial charge in [0.25, 0.3) is 5.91 Å². The topological polar surface area (TPSA) is 58.6 Å². The Bertz CT molecular complexity index is 873. The van der Waals surface area contributed by atoms with Crippen LogP contribution in [0.3, 0.4) is 0 Å². The van der Waals surface area contributed by atoms with Gasteiger partial charge in [-0.1, -0.05) is 68.8 Å². The molecule has 0 spiro atoms. The number of hydrogen-bond acceptors (Lipinski definition) is 3. The summed E-state index contributed by atoms with van der Waals surface area (Å²) in [6.45, 7) is 6.58. The predicted molar refractivity (Wildman–Crippen MR) is 113 cm³/mol. The number of methoxy groups -OCH3 is 1. The summed E-state index contributed by atoms with van der Waals surface area (Å²) in [7, 11) is 1.45. The van der Waals surface area contributed by atoms with Gasteiger partial charge in [0.1, 0.15) is 0 Å². The highest BCUT2D eigenvalue weighted by atomic mass is 16.5. The van der Waals surface area contributed by atoms with Gasteiger partial charge in [0.05, 0.1) is 0 Å². The van der Waals surface area contributed by atoms with Crippen molar-refractivity contribution < 1.29 is 14.6 Å². The molecule has 4 nitrogen and oxygen atoms in total. The first-order chi connectivity index (χ1) is 13.4. The maximum Gasteiger partial charge on any atom is 0.257 e. The zero-order valence-electron chi connectivity index (χ0n) is 17.0. The molecular formula is C24H29NO3. The standard InChI is InChI=1S/C24H29NO3/c1-5-17(13-16(2)3)14-18-11-12-21-20(15-18)24(27,19-9-7-6-8-10-19)22(28-4)23(26)25-21/h6-12,14-16,22,27H,5,13H2,1-4H3,(H,25,26). The van der Waals surface area contributed by atoms with Gasteiger partial charge in [-0.3, -0.25) is 4.79 Å². The maximum atomic E-state index is 12.6. The number of nitrogens with one attached hydrogen (secondary N) is 1. The summed E-state index contributed by atoms with van der Waals surface area (Å²) in [5.41, 5.74) is 2.72. The van der Waals surface area contributed by atoms with E-state index in [1.54, 1.807) is 0 Å². The van der Waals surface area contributed by atoms with E-state index < -0.39 is 11.7 Å². The molecule has 2 aromatic rings. The van der Waals surface area contributed by atoms with Gasteiger partial charge in [-0.2, -0.15) is 0 Å². The van der Waals surface area contributed by atoms with Crippen LogP contribution in [-0.4, -0.2) is 24.2 Å². The molecule has 148 valence electrons. The fourth-order valence-electron chi connectivity index (χ4n) is 3.95. The van der Waals surface area contributed by atoms with Crippen LogP contribution >= 0.6 is 0 Å². The molecule has 0 radical (unpaired) electrons. The first-order valence-corrected chi connectivity index (χ1v) is 9.85. The van der Waals surface area contributed by atoms with Gasteiger partial charge in [-0.05, 0) is 42.0 Å². The molecule has 1 amide bonds. The largest absolute Gasteiger partial charge is 0.377 e. The van der Waals surface area contributed by atoms with Crippen molar-refractivity contribution in [3.05, 3.63) is 70.8 Å². The monoisotopic (exact) mass is 379 g/mol. The molecule has 28 heavy (non-hydrogen) atoms. The maximum absolute atomic E-state index is 12.6. The molecule has 4 heteroatoms. The lowest BCUT2D eigenvalue weighted by molar-refractivity contribution is -0.142. The van der Waals surface area contributed by atoms with Gasteiger partial charge in [-0.15, -0.1) is 0 Å². The van der Waals surface area contributed by atoms with E-state index >= 15 is 0 Å². The quantitative estimate of drug-likeness (QED) is 0.763. The molecular weight excluding hydrogens is 350 g/mol. The van der Waals surface area contributed by atoms with Gasteiger partial charge in [-0.25, -0.2) is 0 Å². The van der Waals surface area contributed by atoms with Crippen molar-refractivity contribution in [3.8, 4) is 0 Å². The van der Waals surface area contributed by atoms with E-state index in [1.807, 2.05) is 48.5 Å². The summed E-state index contributed by atoms with van der Waals surface area (Å²) in [6.07, 6.45) is 3.18. The number of benzene rings is 2. The van der Waals surface area contributed by atoms with Crippen LogP contribution in [0.15, 0.2) is 54.1 Å². The smallest absolute Gasteiger partial charge is 0.257 e. The van der Waals surface area contributed by atoms with Crippen molar-refractivity contribution in [1.82, 2.24) is 0 Å². The number of carbonyl (C=O) groups is 1. The van der Waals surface area contributed by atoms with Crippen LogP contribution in [0.25, 0.3) is 6.08 Å². The van der Waals surface area contributed by atoms with Gasteiger partial charge >= 0.3 is 0 Å². The summed E-state index contributed by atoms with van der Waals surface area (Å²) in [6, 6.07) is 15.1. The Balaban J connectivity index is 2.15. The van der Waals surface area contributed by atoms with Crippen molar-refractivity contribution >= 4 is 17.7 Å². The Hall–Kier alpha value is -2.43. The fourth-order valence-corrected chi connectivity index (χ4v) is 3.95. The van der Waals surface area contributed by atoms with Gasteiger partial charge < -0.3 is 15.2 Å². The molecule has 0 fully saturated rings. The van der Waals surface area contributed by atoms with Crippen molar-refractivity contribution in [2.75, 3.05) is 12.4 Å². The first-order valence-electron chi connectivity index (χ1n) is 9.85. The number of amides is 1. The van der Waals surface area contributed by atoms with Crippen LogP contribution in [0, 0.1) is 5.92 Å². The Kier molecular flexibility index (Phi) is 6.01. The molecule has 0 aromatic heterocycles. The first kappa shape index (κ1) is 20.3. The Morgan fingerprint density at radius 1 is 1.25 bits per heavy atom. The van der Waals surface area contributed by atoms with E-state index in [2.05, 4.69) is 32.2 Å². The zero-order valence-corrected chi connectivity index (χ0v) is 17.0. The Morgan fingerprint density at radius 2 is 1.96 bits per heavy atom. The number of aliphatic hydroxyl groups is 1. The molecule has 2 atom stereocenters. The lowest BCUT2D eigenvalue weighted by atomic mass is 9.77. The summed E-state index contributed by atoms with van der Waals surface area (Å²) in [4.78, 5) is 12.6. The van der Waals surface area contributed by atoms with E-state index in [4.69, 9.17) is 4.74 Å². The predicted octanol–water partition coefficient (Wildman–Crippen LogP) is 4.73. The molecule has 0 aliphatic carbocycles. The van der Waals surface area contributed by atoms with Gasteiger partial charge in [0, 0.05) is 18.4 Å². The Morgan fingerprint density at radius 3 is 2.57 bits per heavy atom. The molecule has 0 saturated carbocycles. The van der Waals surface area contributed by atoms with Crippen molar-refractivity contribution in [2.24, 2.45) is 5.92 Å². The van der Waals surface area contributed by atoms with E-state index in [0.717, 1.165) is 18.4 Å². The second-order valence-electron chi connectivity index (χ2n) is 7.80. The SMILES string of the molecule is CCC(=Cc1ccc2c(c1)C(O)(c1ccccc1)C(OC)C(=O)N2)CC(C)C. The third kappa shape index (κ3) is 3.75. The minimum Gasteiger partial charge on any atom is -0.377 e. The number of rotatable bonds is 6. The van der Waals surface area contributed by atoms with E-state index in [-0.39, 0.29) is 5.91 Å². The van der Waals surface area contributed by atoms with Gasteiger partial charge in [0.2, 0.25) is 0 Å². The van der Waals surface area contributed by atoms with Crippen LogP contribution in [0.5, 0.6) is 0 Å². The average molecular weight is 380 g/mol. The summed E-state index contributed by atoms with van der Waals surface area (Å²) in [5.74, 6) is 0.237. The van der Waals surface area contributed by atoms with Crippen LogP contribution in [0.2, 0.25) is 0 Å². The fraction of sp³-hybridized carbons (Fsp3) is 0.375. The number of anilines is 1. The molecule has 2 aromatic carbocycles. The highest BCUT2D eigenvalue weighted by Crippen LogP contribution is 2.42.